The molecule has 0 atom stereocenters. The number of nitrogens with zero attached hydrogens (tertiary/aromatic N) is 1. The number of hydrogen-bond donors (Lipinski definition) is 1. The zero-order valence-electron chi connectivity index (χ0n) is 9.69. The van der Waals surface area contributed by atoms with Crippen molar-refractivity contribution < 1.29 is 13.2 Å². The van der Waals surface area contributed by atoms with Crippen LogP contribution in [0.5, 0.6) is 0 Å². The van der Waals surface area contributed by atoms with E-state index in [0.29, 0.717) is 5.56 Å². The predicted octanol–water partition coefficient (Wildman–Crippen LogP) is 1.55. The van der Waals surface area contributed by atoms with E-state index in [-0.39, 0.29) is 16.8 Å². The molecule has 0 aliphatic carbocycles. The minimum absolute atomic E-state index is 0.0397. The van der Waals surface area contributed by atoms with Gasteiger partial charge in [-0.15, -0.1) is 0 Å². The Bertz CT molecular complexity index is 540. The van der Waals surface area contributed by atoms with Crippen molar-refractivity contribution >= 4 is 27.5 Å². The van der Waals surface area contributed by atoms with Crippen LogP contribution in [0.3, 0.4) is 0 Å². The zero-order chi connectivity index (χ0) is 13.2. The number of sulfonamides is 1. The van der Waals surface area contributed by atoms with Gasteiger partial charge in [0.1, 0.15) is 10.8 Å². The van der Waals surface area contributed by atoms with E-state index in [1.54, 1.807) is 12.1 Å². The molecule has 0 spiro atoms. The van der Waals surface area contributed by atoms with Gasteiger partial charge in [0.2, 0.25) is 10.0 Å². The van der Waals surface area contributed by atoms with Gasteiger partial charge in [0.25, 0.3) is 5.91 Å². The van der Waals surface area contributed by atoms with Gasteiger partial charge < -0.3 is 0 Å². The van der Waals surface area contributed by atoms with Crippen LogP contribution in [0.15, 0.2) is 12.1 Å². The fourth-order valence-corrected chi connectivity index (χ4v) is 1.89. The molecule has 0 aliphatic heterocycles. The lowest BCUT2D eigenvalue weighted by atomic mass is 10.0. The Hall–Kier alpha value is -1.14. The summed E-state index contributed by atoms with van der Waals surface area (Å²) in [6.07, 6.45) is 0.907. The molecule has 1 heterocycles. The van der Waals surface area contributed by atoms with Crippen LogP contribution in [0.4, 0.5) is 0 Å². The van der Waals surface area contributed by atoms with E-state index in [0.717, 1.165) is 6.26 Å². The summed E-state index contributed by atoms with van der Waals surface area (Å²) in [5, 5.41) is 0.146. The number of carbonyl (C=O) groups is 1. The summed E-state index contributed by atoms with van der Waals surface area (Å²) < 4.78 is 23.8. The molecule has 7 heteroatoms. The Morgan fingerprint density at radius 2 is 2.00 bits per heavy atom. The Balaban J connectivity index is 3.20. The highest BCUT2D eigenvalue weighted by molar-refractivity contribution is 7.89. The largest absolute Gasteiger partial charge is 0.283 e. The molecule has 17 heavy (non-hydrogen) atoms. The minimum atomic E-state index is -3.61. The number of hydrogen-bond acceptors (Lipinski definition) is 4. The van der Waals surface area contributed by atoms with Crippen molar-refractivity contribution in [1.82, 2.24) is 9.71 Å². The average Bonchev–Trinajstić information content (AvgIpc) is 2.14. The second kappa shape index (κ2) is 5.01. The molecular formula is C10H13ClN2O3S. The lowest BCUT2D eigenvalue weighted by Crippen LogP contribution is -2.31. The van der Waals surface area contributed by atoms with Crippen LogP contribution in [-0.4, -0.2) is 25.6 Å². The van der Waals surface area contributed by atoms with E-state index >= 15 is 0 Å². The van der Waals surface area contributed by atoms with Crippen molar-refractivity contribution in [2.24, 2.45) is 0 Å². The van der Waals surface area contributed by atoms with Gasteiger partial charge in [-0.2, -0.15) is 0 Å². The maximum Gasteiger partial charge on any atom is 0.283 e. The zero-order valence-corrected chi connectivity index (χ0v) is 11.3. The number of carbonyl (C=O) groups excluding carboxylic acids is 1. The van der Waals surface area contributed by atoms with Crippen molar-refractivity contribution in [2.45, 2.75) is 19.8 Å². The number of halogens is 1. The molecule has 0 saturated heterocycles. The van der Waals surface area contributed by atoms with Crippen LogP contribution in [0.25, 0.3) is 0 Å². The first kappa shape index (κ1) is 13.9. The standard InChI is InChI=1S/C10H13ClN2O3S/c1-6(2)7-4-5-8(11)12-9(7)10(14)13-17(3,15)16/h4-6H,1-3H3,(H,13,14). The van der Waals surface area contributed by atoms with Crippen LogP contribution in [-0.2, 0) is 10.0 Å². The smallest absolute Gasteiger partial charge is 0.266 e. The van der Waals surface area contributed by atoms with Gasteiger partial charge in [0.05, 0.1) is 6.26 Å². The van der Waals surface area contributed by atoms with Gasteiger partial charge in [0, 0.05) is 0 Å². The third kappa shape index (κ3) is 3.98. The summed E-state index contributed by atoms with van der Waals surface area (Å²) in [5.74, 6) is -0.723. The summed E-state index contributed by atoms with van der Waals surface area (Å²) in [6.45, 7) is 3.75. The molecule has 5 nitrogen and oxygen atoms in total. The van der Waals surface area contributed by atoms with Crippen LogP contribution in [0.1, 0.15) is 35.8 Å². The predicted molar refractivity (Wildman–Crippen MR) is 65.6 cm³/mol. The molecule has 0 unspecified atom stereocenters. The topological polar surface area (TPSA) is 76.1 Å². The lowest BCUT2D eigenvalue weighted by Gasteiger charge is -2.11. The quantitative estimate of drug-likeness (QED) is 0.850. The number of rotatable bonds is 3. The van der Waals surface area contributed by atoms with Crippen LogP contribution >= 0.6 is 11.6 Å². The Morgan fingerprint density at radius 1 is 1.41 bits per heavy atom. The van der Waals surface area contributed by atoms with Gasteiger partial charge in [0.15, 0.2) is 0 Å². The summed E-state index contributed by atoms with van der Waals surface area (Å²) in [5.41, 5.74) is 0.688. The SMILES string of the molecule is CC(C)c1ccc(Cl)nc1C(=O)NS(C)(=O)=O. The highest BCUT2D eigenvalue weighted by Crippen LogP contribution is 2.20. The van der Waals surface area contributed by atoms with Crippen molar-refractivity contribution in [2.75, 3.05) is 6.26 Å². The van der Waals surface area contributed by atoms with Gasteiger partial charge in [-0.25, -0.2) is 18.1 Å². The van der Waals surface area contributed by atoms with E-state index in [1.165, 1.54) is 0 Å². The van der Waals surface area contributed by atoms with E-state index in [4.69, 9.17) is 11.6 Å². The fourth-order valence-electron chi connectivity index (χ4n) is 1.31. The van der Waals surface area contributed by atoms with Crippen LogP contribution in [0.2, 0.25) is 5.15 Å². The molecule has 1 aromatic heterocycles. The molecule has 1 rings (SSSR count). The first-order valence-electron chi connectivity index (χ1n) is 4.89. The second-order valence-electron chi connectivity index (χ2n) is 3.93. The normalized spacial score (nSPS) is 11.6. The minimum Gasteiger partial charge on any atom is -0.266 e. The molecule has 0 aromatic carbocycles. The molecule has 0 radical (unpaired) electrons. The van der Waals surface area contributed by atoms with Gasteiger partial charge >= 0.3 is 0 Å². The third-order valence-electron chi connectivity index (χ3n) is 2.01. The molecule has 94 valence electrons. The van der Waals surface area contributed by atoms with E-state index in [9.17, 15) is 13.2 Å². The van der Waals surface area contributed by atoms with E-state index < -0.39 is 15.9 Å². The van der Waals surface area contributed by atoms with Crippen molar-refractivity contribution in [3.8, 4) is 0 Å². The Kier molecular flexibility index (Phi) is 4.11. The number of nitrogens with one attached hydrogen (secondary N) is 1. The molecule has 0 fully saturated rings. The molecule has 1 N–H and O–H groups in total. The first-order chi connectivity index (χ1) is 7.70. The van der Waals surface area contributed by atoms with Crippen LogP contribution < -0.4 is 4.72 Å². The number of amides is 1. The highest BCUT2D eigenvalue weighted by atomic mass is 35.5. The molecule has 1 aromatic rings. The van der Waals surface area contributed by atoms with Crippen molar-refractivity contribution in [3.63, 3.8) is 0 Å². The molecule has 1 amide bonds. The summed E-state index contributed by atoms with van der Waals surface area (Å²) in [6, 6.07) is 3.23. The molecule has 0 aliphatic rings. The van der Waals surface area contributed by atoms with E-state index in [2.05, 4.69) is 4.98 Å². The Morgan fingerprint density at radius 3 is 2.47 bits per heavy atom. The van der Waals surface area contributed by atoms with Gasteiger partial charge in [-0.3, -0.25) is 4.79 Å². The summed E-state index contributed by atoms with van der Waals surface area (Å²) in [4.78, 5) is 15.6. The number of aromatic nitrogens is 1. The van der Waals surface area contributed by atoms with Crippen molar-refractivity contribution in [1.29, 1.82) is 0 Å². The average molecular weight is 277 g/mol. The first-order valence-corrected chi connectivity index (χ1v) is 7.16. The number of pyridine rings is 1. The fraction of sp³-hybridized carbons (Fsp3) is 0.400. The second-order valence-corrected chi connectivity index (χ2v) is 6.07. The Labute approximate surface area is 105 Å². The molecule has 0 saturated carbocycles. The van der Waals surface area contributed by atoms with Gasteiger partial charge in [-0.05, 0) is 17.5 Å². The monoisotopic (exact) mass is 276 g/mol. The lowest BCUT2D eigenvalue weighted by molar-refractivity contribution is 0.0975. The maximum atomic E-state index is 11.7. The van der Waals surface area contributed by atoms with Crippen LogP contribution in [0, 0.1) is 0 Å². The summed E-state index contributed by atoms with van der Waals surface area (Å²) >= 11 is 5.70. The van der Waals surface area contributed by atoms with Crippen molar-refractivity contribution in [3.05, 3.63) is 28.5 Å². The molecule has 0 bridgehead atoms. The third-order valence-corrected chi connectivity index (χ3v) is 2.77. The maximum absolute atomic E-state index is 11.7. The molecular weight excluding hydrogens is 264 g/mol. The summed E-state index contributed by atoms with van der Waals surface area (Å²) in [7, 11) is -3.61. The van der Waals surface area contributed by atoms with E-state index in [1.807, 2.05) is 18.6 Å². The highest BCUT2D eigenvalue weighted by Gasteiger charge is 2.18. The van der Waals surface area contributed by atoms with Gasteiger partial charge in [-0.1, -0.05) is 31.5 Å².